The third-order valence-corrected chi connectivity index (χ3v) is 4.16. The average Bonchev–Trinajstić information content (AvgIpc) is 2.22. The first-order valence-corrected chi connectivity index (χ1v) is 7.10. The lowest BCUT2D eigenvalue weighted by Crippen LogP contribution is -2.49. The van der Waals surface area contributed by atoms with E-state index in [1.165, 1.54) is 12.8 Å². The van der Waals surface area contributed by atoms with Gasteiger partial charge >= 0.3 is 0 Å². The van der Waals surface area contributed by atoms with Crippen LogP contribution in [-0.2, 0) is 14.2 Å². The summed E-state index contributed by atoms with van der Waals surface area (Å²) in [4.78, 5) is 0. The van der Waals surface area contributed by atoms with Gasteiger partial charge in [0.2, 0.25) is 0 Å². The summed E-state index contributed by atoms with van der Waals surface area (Å²) in [5, 5.41) is 0. The Morgan fingerprint density at radius 3 is 1.41 bits per heavy atom. The molecule has 0 aromatic heterocycles. The third-order valence-electron chi connectivity index (χ3n) is 4.16. The lowest BCUT2D eigenvalue weighted by atomic mass is 9.79. The molecule has 0 radical (unpaired) electrons. The molecule has 0 aliphatic heterocycles. The minimum atomic E-state index is 0.0336. The van der Waals surface area contributed by atoms with E-state index in [1.54, 1.807) is 0 Å². The van der Waals surface area contributed by atoms with E-state index in [-0.39, 0.29) is 11.2 Å². The minimum absolute atomic E-state index is 0.0336. The molecule has 2 saturated carbocycles. The highest BCUT2D eigenvalue weighted by Gasteiger charge is 2.41. The molecule has 0 atom stereocenters. The molecule has 2 fully saturated rings. The summed E-state index contributed by atoms with van der Waals surface area (Å²) < 4.78 is 17.6. The second-order valence-electron chi connectivity index (χ2n) is 5.43. The van der Waals surface area contributed by atoms with Crippen LogP contribution in [0.1, 0.15) is 52.4 Å². The van der Waals surface area contributed by atoms with E-state index in [0.717, 1.165) is 52.1 Å². The van der Waals surface area contributed by atoms with Gasteiger partial charge in [-0.25, -0.2) is 0 Å². The Labute approximate surface area is 105 Å². The number of rotatable bonds is 8. The van der Waals surface area contributed by atoms with E-state index in [4.69, 9.17) is 14.2 Å². The van der Waals surface area contributed by atoms with Crippen LogP contribution in [0.15, 0.2) is 0 Å². The number of ether oxygens (including phenoxy) is 3. The smallest absolute Gasteiger partial charge is 0.0914 e. The monoisotopic (exact) mass is 242 g/mol. The highest BCUT2D eigenvalue weighted by Crippen LogP contribution is 2.38. The molecule has 0 N–H and O–H groups in total. The first-order valence-electron chi connectivity index (χ1n) is 7.10. The molecule has 0 bridgehead atoms. The van der Waals surface area contributed by atoms with E-state index < -0.39 is 0 Å². The minimum Gasteiger partial charge on any atom is -0.375 e. The summed E-state index contributed by atoms with van der Waals surface area (Å²) in [6, 6.07) is 0. The molecule has 100 valence electrons. The lowest BCUT2D eigenvalue weighted by molar-refractivity contribution is -0.180. The first kappa shape index (κ1) is 13.3. The molecule has 0 saturated heterocycles. The molecule has 17 heavy (non-hydrogen) atoms. The van der Waals surface area contributed by atoms with Crippen molar-refractivity contribution < 1.29 is 14.2 Å². The van der Waals surface area contributed by atoms with Gasteiger partial charge in [-0.05, 0) is 52.4 Å². The highest BCUT2D eigenvalue weighted by molar-refractivity contribution is 4.92. The van der Waals surface area contributed by atoms with Crippen LogP contribution >= 0.6 is 0 Å². The summed E-state index contributed by atoms with van der Waals surface area (Å²) in [6.45, 7) is 7.20. The van der Waals surface area contributed by atoms with Gasteiger partial charge in [0.15, 0.2) is 0 Å². The van der Waals surface area contributed by atoms with Crippen LogP contribution in [0.3, 0.4) is 0 Å². The molecule has 2 rings (SSSR count). The quantitative estimate of drug-likeness (QED) is 0.655. The van der Waals surface area contributed by atoms with Gasteiger partial charge < -0.3 is 14.2 Å². The predicted octanol–water partition coefficient (Wildman–Crippen LogP) is 2.92. The van der Waals surface area contributed by atoms with Crippen LogP contribution in [0, 0.1) is 0 Å². The Kier molecular flexibility index (Phi) is 4.45. The van der Waals surface area contributed by atoms with Crippen molar-refractivity contribution in [3.8, 4) is 0 Å². The van der Waals surface area contributed by atoms with Crippen molar-refractivity contribution in [2.75, 3.05) is 26.4 Å². The Balaban J connectivity index is 1.71. The van der Waals surface area contributed by atoms with E-state index in [9.17, 15) is 0 Å². The zero-order valence-corrected chi connectivity index (χ0v) is 11.3. The average molecular weight is 242 g/mol. The first-order chi connectivity index (χ1) is 8.24. The van der Waals surface area contributed by atoms with Crippen LogP contribution in [0.25, 0.3) is 0 Å². The van der Waals surface area contributed by atoms with Crippen molar-refractivity contribution in [1.82, 2.24) is 0 Å². The topological polar surface area (TPSA) is 27.7 Å². The van der Waals surface area contributed by atoms with Crippen molar-refractivity contribution >= 4 is 0 Å². The van der Waals surface area contributed by atoms with Crippen molar-refractivity contribution in [3.05, 3.63) is 0 Å². The Hall–Kier alpha value is -0.120. The summed E-state index contributed by atoms with van der Waals surface area (Å²) in [7, 11) is 0. The second kappa shape index (κ2) is 5.68. The van der Waals surface area contributed by atoms with Gasteiger partial charge in [0.05, 0.1) is 24.4 Å². The van der Waals surface area contributed by atoms with E-state index in [1.807, 2.05) is 0 Å². The second-order valence-corrected chi connectivity index (χ2v) is 5.43. The summed E-state index contributed by atoms with van der Waals surface area (Å²) in [5.74, 6) is 0. The van der Waals surface area contributed by atoms with Gasteiger partial charge in [0, 0.05) is 13.2 Å². The van der Waals surface area contributed by atoms with Crippen molar-refractivity contribution in [1.29, 1.82) is 0 Å². The standard InChI is InChI=1S/C14H26O3/c1-3-16-13(7-5-8-13)11-15-12-14(17-4-2)9-6-10-14/h3-12H2,1-2H3. The molecule has 3 heteroatoms. The van der Waals surface area contributed by atoms with Gasteiger partial charge in [0.1, 0.15) is 0 Å². The molecular formula is C14H26O3. The molecule has 2 aliphatic carbocycles. The zero-order chi connectivity index (χ0) is 12.2. The SMILES string of the molecule is CCOC1(COCC2(OCC)CCC2)CCC1. The molecule has 2 aliphatic rings. The van der Waals surface area contributed by atoms with Gasteiger partial charge in [0.25, 0.3) is 0 Å². The van der Waals surface area contributed by atoms with Crippen LogP contribution in [0.4, 0.5) is 0 Å². The third kappa shape index (κ3) is 3.01. The largest absolute Gasteiger partial charge is 0.375 e. The number of hydrogen-bond acceptors (Lipinski definition) is 3. The maximum Gasteiger partial charge on any atom is 0.0914 e. The van der Waals surface area contributed by atoms with Crippen LogP contribution < -0.4 is 0 Å². The van der Waals surface area contributed by atoms with Gasteiger partial charge in [-0.1, -0.05) is 0 Å². The molecule has 0 unspecified atom stereocenters. The van der Waals surface area contributed by atoms with E-state index >= 15 is 0 Å². The maximum absolute atomic E-state index is 5.90. The van der Waals surface area contributed by atoms with Crippen LogP contribution in [0.2, 0.25) is 0 Å². The molecule has 3 nitrogen and oxygen atoms in total. The van der Waals surface area contributed by atoms with E-state index in [0.29, 0.717) is 0 Å². The van der Waals surface area contributed by atoms with Crippen LogP contribution in [0.5, 0.6) is 0 Å². The number of hydrogen-bond donors (Lipinski definition) is 0. The molecule has 0 heterocycles. The Bertz CT molecular complexity index is 208. The summed E-state index contributed by atoms with van der Waals surface area (Å²) in [6.07, 6.45) is 7.18. The van der Waals surface area contributed by atoms with Crippen LogP contribution in [-0.4, -0.2) is 37.6 Å². The maximum atomic E-state index is 5.90. The van der Waals surface area contributed by atoms with Crippen molar-refractivity contribution in [2.24, 2.45) is 0 Å². The summed E-state index contributed by atoms with van der Waals surface area (Å²) in [5.41, 5.74) is 0.0673. The lowest BCUT2D eigenvalue weighted by Gasteiger charge is -2.44. The molecule has 0 spiro atoms. The highest BCUT2D eigenvalue weighted by atomic mass is 16.6. The summed E-state index contributed by atoms with van der Waals surface area (Å²) >= 11 is 0. The van der Waals surface area contributed by atoms with E-state index in [2.05, 4.69) is 13.8 Å². The van der Waals surface area contributed by atoms with Crippen molar-refractivity contribution in [3.63, 3.8) is 0 Å². The predicted molar refractivity (Wildman–Crippen MR) is 67.2 cm³/mol. The molecule has 0 aromatic carbocycles. The molecular weight excluding hydrogens is 216 g/mol. The van der Waals surface area contributed by atoms with Gasteiger partial charge in [-0.2, -0.15) is 0 Å². The molecule has 0 amide bonds. The van der Waals surface area contributed by atoms with Gasteiger partial charge in [-0.15, -0.1) is 0 Å². The Morgan fingerprint density at radius 2 is 1.18 bits per heavy atom. The fraction of sp³-hybridized carbons (Fsp3) is 1.00. The molecule has 0 aromatic rings. The van der Waals surface area contributed by atoms with Crippen molar-refractivity contribution in [2.45, 2.75) is 63.6 Å². The van der Waals surface area contributed by atoms with Gasteiger partial charge in [-0.3, -0.25) is 0 Å². The Morgan fingerprint density at radius 1 is 0.765 bits per heavy atom. The zero-order valence-electron chi connectivity index (χ0n) is 11.3. The normalized spacial score (nSPS) is 25.1. The fourth-order valence-electron chi connectivity index (χ4n) is 2.84. The fourth-order valence-corrected chi connectivity index (χ4v) is 2.84.